The van der Waals surface area contributed by atoms with Crippen LogP contribution in [0.4, 0.5) is 5.69 Å². The number of halogens is 2. The van der Waals surface area contributed by atoms with Gasteiger partial charge in [-0.15, -0.1) is 0 Å². The molecule has 0 aliphatic carbocycles. The van der Waals surface area contributed by atoms with E-state index in [-0.39, 0.29) is 38.9 Å². The molecule has 2 saturated heterocycles. The molecule has 0 spiro atoms. The van der Waals surface area contributed by atoms with Gasteiger partial charge in [0.15, 0.2) is 5.11 Å². The van der Waals surface area contributed by atoms with E-state index in [0.29, 0.717) is 5.56 Å². The van der Waals surface area contributed by atoms with Gasteiger partial charge in [-0.2, -0.15) is 0 Å². The molecule has 0 bridgehead atoms. The van der Waals surface area contributed by atoms with E-state index in [0.717, 1.165) is 41.7 Å². The number of nitrogens with one attached hydrogen (secondary N) is 1. The van der Waals surface area contributed by atoms with Crippen molar-refractivity contribution < 1.29 is 14.4 Å². The minimum Gasteiger partial charge on any atom is -0.341 e. The zero-order valence-electron chi connectivity index (χ0n) is 18.5. The number of hydrogen-bond donors (Lipinski definition) is 1. The number of aromatic nitrogens is 1. The number of benzene rings is 2. The molecule has 3 heterocycles. The van der Waals surface area contributed by atoms with Crippen LogP contribution in [-0.2, 0) is 20.9 Å². The van der Waals surface area contributed by atoms with Crippen LogP contribution >= 0.6 is 35.4 Å². The summed E-state index contributed by atoms with van der Waals surface area (Å²) in [5.74, 6) is -1.19. The lowest BCUT2D eigenvalue weighted by atomic mass is 10.1. The van der Waals surface area contributed by atoms with Gasteiger partial charge < -0.3 is 9.47 Å². The zero-order chi connectivity index (χ0) is 24.7. The Balaban J connectivity index is 1.54. The smallest absolute Gasteiger partial charge is 0.270 e. The summed E-state index contributed by atoms with van der Waals surface area (Å²) in [5, 5.41) is 3.70. The van der Waals surface area contributed by atoms with E-state index in [9.17, 15) is 14.4 Å². The highest BCUT2D eigenvalue weighted by Crippen LogP contribution is 2.35. The Morgan fingerprint density at radius 2 is 1.80 bits per heavy atom. The van der Waals surface area contributed by atoms with Crippen molar-refractivity contribution in [3.05, 3.63) is 69.8 Å². The number of amides is 3. The monoisotopic (exact) mass is 526 g/mol. The van der Waals surface area contributed by atoms with Gasteiger partial charge in [-0.25, -0.2) is 0 Å². The molecule has 178 valence electrons. The number of carbonyl (C=O) groups excluding carboxylic acids is 3. The normalized spacial score (nSPS) is 17.5. The summed E-state index contributed by atoms with van der Waals surface area (Å²) in [6.07, 6.45) is 5.34. The van der Waals surface area contributed by atoms with E-state index in [1.165, 1.54) is 6.08 Å². The third-order valence-corrected chi connectivity index (χ3v) is 7.25. The van der Waals surface area contributed by atoms with Crippen LogP contribution in [0.1, 0.15) is 18.4 Å². The first kappa shape index (κ1) is 23.5. The summed E-state index contributed by atoms with van der Waals surface area (Å²) in [4.78, 5) is 42.1. The van der Waals surface area contributed by atoms with Crippen molar-refractivity contribution in [2.75, 3.05) is 18.0 Å². The molecule has 2 aliphatic rings. The van der Waals surface area contributed by atoms with E-state index in [2.05, 4.69) is 5.32 Å². The van der Waals surface area contributed by atoms with Gasteiger partial charge in [0.1, 0.15) is 12.1 Å². The van der Waals surface area contributed by atoms with Crippen LogP contribution in [0, 0.1) is 0 Å². The van der Waals surface area contributed by atoms with Crippen LogP contribution in [0.25, 0.3) is 17.0 Å². The van der Waals surface area contributed by atoms with Crippen molar-refractivity contribution in [1.82, 2.24) is 14.8 Å². The Labute approximate surface area is 216 Å². The number of nitrogens with zero attached hydrogens (tertiary/aromatic N) is 3. The molecule has 0 saturated carbocycles. The first-order chi connectivity index (χ1) is 16.8. The zero-order valence-corrected chi connectivity index (χ0v) is 20.8. The highest BCUT2D eigenvalue weighted by molar-refractivity contribution is 7.80. The summed E-state index contributed by atoms with van der Waals surface area (Å²) in [6.45, 7) is 1.72. The van der Waals surface area contributed by atoms with Gasteiger partial charge in [0, 0.05) is 35.8 Å². The van der Waals surface area contributed by atoms with Crippen molar-refractivity contribution in [3.8, 4) is 0 Å². The molecule has 2 aromatic carbocycles. The van der Waals surface area contributed by atoms with Crippen molar-refractivity contribution >= 4 is 80.9 Å². The van der Waals surface area contributed by atoms with Gasteiger partial charge in [0.05, 0.1) is 15.7 Å². The van der Waals surface area contributed by atoms with Crippen LogP contribution in [0.5, 0.6) is 0 Å². The summed E-state index contributed by atoms with van der Waals surface area (Å²) < 4.78 is 1.85. The SMILES string of the molecule is O=C1NC(=S)N(c2cccc(Cl)c2Cl)C(=O)C1=Cc1cn(CC(=O)N2CCCC2)c2ccccc12. The van der Waals surface area contributed by atoms with Gasteiger partial charge in [-0.05, 0) is 49.3 Å². The molecular formula is C25H20Cl2N4O3S. The maximum atomic E-state index is 13.4. The quantitative estimate of drug-likeness (QED) is 0.310. The number of carbonyl (C=O) groups is 3. The number of fused-ring (bicyclic) bond motifs is 1. The average molecular weight is 527 g/mol. The van der Waals surface area contributed by atoms with Crippen molar-refractivity contribution in [2.24, 2.45) is 0 Å². The summed E-state index contributed by atoms with van der Waals surface area (Å²) >= 11 is 17.7. The molecule has 2 fully saturated rings. The van der Waals surface area contributed by atoms with Crippen LogP contribution in [0.2, 0.25) is 10.0 Å². The molecule has 2 aliphatic heterocycles. The molecule has 5 rings (SSSR count). The Morgan fingerprint density at radius 3 is 2.57 bits per heavy atom. The van der Waals surface area contributed by atoms with Crippen LogP contribution in [0.15, 0.2) is 54.2 Å². The van der Waals surface area contributed by atoms with Gasteiger partial charge >= 0.3 is 0 Å². The fourth-order valence-electron chi connectivity index (χ4n) is 4.43. The predicted octanol–water partition coefficient (Wildman–Crippen LogP) is 4.40. The Hall–Kier alpha value is -3.20. The highest BCUT2D eigenvalue weighted by atomic mass is 35.5. The molecule has 1 N–H and O–H groups in total. The van der Waals surface area contributed by atoms with Gasteiger partial charge in [0.2, 0.25) is 5.91 Å². The number of hydrogen-bond acceptors (Lipinski definition) is 4. The maximum absolute atomic E-state index is 13.4. The first-order valence-electron chi connectivity index (χ1n) is 11.1. The molecule has 0 unspecified atom stereocenters. The standard InChI is InChI=1S/C25H20Cl2N4O3S/c26-18-7-5-9-20(22(18)27)31-24(34)17(23(33)28-25(31)35)12-15-13-30(19-8-2-1-6-16(15)19)14-21(32)29-10-3-4-11-29/h1-2,5-9,12-13H,3-4,10-11,14H2,(H,28,33,35). The van der Waals surface area contributed by atoms with E-state index in [1.807, 2.05) is 33.7 Å². The third kappa shape index (κ3) is 4.33. The Bertz CT molecular complexity index is 1430. The molecule has 3 amide bonds. The largest absolute Gasteiger partial charge is 0.341 e. The third-order valence-electron chi connectivity index (χ3n) is 6.16. The lowest BCUT2D eigenvalue weighted by Crippen LogP contribution is -2.54. The number of rotatable bonds is 4. The lowest BCUT2D eigenvalue weighted by molar-refractivity contribution is -0.130. The Morgan fingerprint density at radius 1 is 1.06 bits per heavy atom. The minimum absolute atomic E-state index is 0.0427. The molecule has 0 radical (unpaired) electrons. The van der Waals surface area contributed by atoms with Gasteiger partial charge in [-0.3, -0.25) is 24.6 Å². The fraction of sp³-hybridized carbons (Fsp3) is 0.200. The molecule has 3 aromatic rings. The van der Waals surface area contributed by atoms with Crippen LogP contribution in [-0.4, -0.2) is 45.4 Å². The topological polar surface area (TPSA) is 74.6 Å². The summed E-state index contributed by atoms with van der Waals surface area (Å²) in [5.41, 5.74) is 1.64. The fourth-order valence-corrected chi connectivity index (χ4v) is 5.08. The number of para-hydroxylation sites is 1. The van der Waals surface area contributed by atoms with Crippen LogP contribution in [0.3, 0.4) is 0 Å². The minimum atomic E-state index is -0.618. The second-order valence-electron chi connectivity index (χ2n) is 8.35. The average Bonchev–Trinajstić information content (AvgIpc) is 3.48. The van der Waals surface area contributed by atoms with E-state index >= 15 is 0 Å². The molecule has 7 nitrogen and oxygen atoms in total. The molecular weight excluding hydrogens is 507 g/mol. The Kier molecular flexibility index (Phi) is 6.35. The predicted molar refractivity (Wildman–Crippen MR) is 140 cm³/mol. The maximum Gasteiger partial charge on any atom is 0.270 e. The van der Waals surface area contributed by atoms with Gasteiger partial charge in [-0.1, -0.05) is 47.5 Å². The van der Waals surface area contributed by atoms with Gasteiger partial charge in [0.25, 0.3) is 11.8 Å². The van der Waals surface area contributed by atoms with E-state index in [1.54, 1.807) is 24.4 Å². The number of likely N-dealkylation sites (tertiary alicyclic amines) is 1. The lowest BCUT2D eigenvalue weighted by Gasteiger charge is -2.29. The van der Waals surface area contributed by atoms with Crippen LogP contribution < -0.4 is 10.2 Å². The van der Waals surface area contributed by atoms with E-state index < -0.39 is 11.8 Å². The molecule has 0 atom stereocenters. The van der Waals surface area contributed by atoms with Crippen molar-refractivity contribution in [1.29, 1.82) is 0 Å². The second-order valence-corrected chi connectivity index (χ2v) is 9.52. The molecule has 1 aromatic heterocycles. The first-order valence-corrected chi connectivity index (χ1v) is 12.2. The second kappa shape index (κ2) is 9.45. The molecule has 35 heavy (non-hydrogen) atoms. The van der Waals surface area contributed by atoms with E-state index in [4.69, 9.17) is 35.4 Å². The summed E-state index contributed by atoms with van der Waals surface area (Å²) in [6, 6.07) is 12.4. The molecule has 10 heteroatoms. The van der Waals surface area contributed by atoms with Crippen molar-refractivity contribution in [2.45, 2.75) is 19.4 Å². The number of anilines is 1. The highest BCUT2D eigenvalue weighted by Gasteiger charge is 2.36. The summed E-state index contributed by atoms with van der Waals surface area (Å²) in [7, 11) is 0. The number of thiocarbonyl (C=S) groups is 1. The van der Waals surface area contributed by atoms with Crippen molar-refractivity contribution in [3.63, 3.8) is 0 Å².